The van der Waals surface area contributed by atoms with E-state index in [0.717, 1.165) is 0 Å². The molecule has 0 aliphatic carbocycles. The number of hydrogen-bond donors (Lipinski definition) is 1. The number of halogens is 2. The van der Waals surface area contributed by atoms with Crippen molar-refractivity contribution in [2.75, 3.05) is 11.6 Å². The summed E-state index contributed by atoms with van der Waals surface area (Å²) in [7, 11) is 0. The van der Waals surface area contributed by atoms with E-state index in [1.807, 2.05) is 0 Å². The maximum atomic E-state index is 12.5. The van der Waals surface area contributed by atoms with E-state index >= 15 is 0 Å². The fourth-order valence-electron chi connectivity index (χ4n) is 2.60. The van der Waals surface area contributed by atoms with Crippen molar-refractivity contribution in [3.8, 4) is 0 Å². The minimum atomic E-state index is -0.653. The van der Waals surface area contributed by atoms with Crippen molar-refractivity contribution >= 4 is 53.3 Å². The maximum Gasteiger partial charge on any atom is 0.355 e. The van der Waals surface area contributed by atoms with Crippen molar-refractivity contribution in [1.82, 2.24) is 4.90 Å². The fraction of sp³-hybridized carbons (Fsp3) is 0.333. The lowest BCUT2D eigenvalue weighted by atomic mass is 10.0. The first-order chi connectivity index (χ1) is 11.9. The molecule has 1 aromatic carbocycles. The summed E-state index contributed by atoms with van der Waals surface area (Å²) in [5.41, 5.74) is 7.09. The highest BCUT2D eigenvalue weighted by atomic mass is 35.5. The van der Waals surface area contributed by atoms with Gasteiger partial charge in [0.2, 0.25) is 5.91 Å². The van der Waals surface area contributed by atoms with Gasteiger partial charge in [-0.1, -0.05) is 0 Å². The summed E-state index contributed by atoms with van der Waals surface area (Å²) in [5, 5.41) is 10.4. The molecule has 1 amide bonds. The largest absolute Gasteiger partial charge is 0.456 e. The first kappa shape index (κ1) is 20.5. The van der Waals surface area contributed by atoms with Crippen molar-refractivity contribution in [2.45, 2.75) is 18.0 Å². The molecule has 1 saturated heterocycles. The Morgan fingerprint density at radius 2 is 2.08 bits per heavy atom. The highest BCUT2D eigenvalue weighted by molar-refractivity contribution is 8.00. The van der Waals surface area contributed by atoms with E-state index in [1.54, 1.807) is 0 Å². The van der Waals surface area contributed by atoms with Crippen LogP contribution in [0.1, 0.15) is 5.56 Å². The SMILES string of the molecule is Cl.NC1C(=O)N2C(C(=O)OCc3ccc([N+](=O)[O-])cc3)=C(CCl)CS[C@H]12. The monoisotopic (exact) mass is 419 g/mol. The number of amides is 1. The van der Waals surface area contributed by atoms with Crippen LogP contribution in [0.3, 0.4) is 0 Å². The van der Waals surface area contributed by atoms with Gasteiger partial charge in [0.05, 0.1) is 4.92 Å². The number of nitro benzene ring substituents is 1. The lowest BCUT2D eigenvalue weighted by molar-refractivity contribution is -0.384. The summed E-state index contributed by atoms with van der Waals surface area (Å²) in [6.07, 6.45) is 0. The Bertz CT molecular complexity index is 771. The lowest BCUT2D eigenvalue weighted by Crippen LogP contribution is -2.68. The van der Waals surface area contributed by atoms with Crippen molar-refractivity contribution in [2.24, 2.45) is 5.73 Å². The molecule has 140 valence electrons. The van der Waals surface area contributed by atoms with Crippen LogP contribution in [0.25, 0.3) is 0 Å². The van der Waals surface area contributed by atoms with Crippen LogP contribution in [0, 0.1) is 10.1 Å². The zero-order valence-corrected chi connectivity index (χ0v) is 15.7. The summed E-state index contributed by atoms with van der Waals surface area (Å²) >= 11 is 7.36. The van der Waals surface area contributed by atoms with Crippen LogP contribution in [0.15, 0.2) is 35.5 Å². The highest BCUT2D eigenvalue weighted by Gasteiger charge is 2.51. The Hall–Kier alpha value is -1.81. The molecular formula is C15H15Cl2N3O5S. The standard InChI is InChI=1S/C15H14ClN3O5S.ClH/c16-5-9-7-25-14-11(17)13(20)18(14)12(9)15(21)24-6-8-1-3-10(4-2-8)19(22)23;/h1-4,11,14H,5-7,17H2;1H/t11?,14-;/m1./s1. The zero-order valence-electron chi connectivity index (χ0n) is 13.3. The number of non-ortho nitro benzene ring substituents is 1. The maximum absolute atomic E-state index is 12.5. The van der Waals surface area contributed by atoms with Crippen LogP contribution in [0.4, 0.5) is 5.69 Å². The molecule has 26 heavy (non-hydrogen) atoms. The Kier molecular flexibility index (Phi) is 6.51. The average Bonchev–Trinajstić information content (AvgIpc) is 2.64. The van der Waals surface area contributed by atoms with Crippen molar-refractivity contribution in [1.29, 1.82) is 0 Å². The molecule has 1 aromatic rings. The molecule has 2 heterocycles. The highest BCUT2D eigenvalue weighted by Crippen LogP contribution is 2.40. The third-order valence-corrected chi connectivity index (χ3v) is 5.64. The second-order valence-electron chi connectivity index (χ2n) is 5.52. The van der Waals surface area contributed by atoms with E-state index in [9.17, 15) is 19.7 Å². The predicted octanol–water partition coefficient (Wildman–Crippen LogP) is 1.80. The topological polar surface area (TPSA) is 116 Å². The molecule has 0 bridgehead atoms. The number of carbonyl (C=O) groups is 2. The average molecular weight is 420 g/mol. The number of hydrogen-bond acceptors (Lipinski definition) is 7. The van der Waals surface area contributed by atoms with Crippen LogP contribution >= 0.6 is 35.8 Å². The number of esters is 1. The molecule has 1 fully saturated rings. The van der Waals surface area contributed by atoms with Gasteiger partial charge < -0.3 is 10.5 Å². The molecule has 2 N–H and O–H groups in total. The summed E-state index contributed by atoms with van der Waals surface area (Å²) in [6.45, 7) is -0.0677. The number of alkyl halides is 1. The molecule has 8 nitrogen and oxygen atoms in total. The Morgan fingerprint density at radius 3 is 2.65 bits per heavy atom. The molecule has 0 aromatic heterocycles. The number of nitrogens with two attached hydrogens (primary N) is 1. The van der Waals surface area contributed by atoms with Crippen LogP contribution < -0.4 is 5.73 Å². The molecule has 0 spiro atoms. The smallest absolute Gasteiger partial charge is 0.355 e. The van der Waals surface area contributed by atoms with Gasteiger partial charge in [0.25, 0.3) is 5.69 Å². The third-order valence-electron chi connectivity index (χ3n) is 3.96. The van der Waals surface area contributed by atoms with Gasteiger partial charge in [-0.3, -0.25) is 19.8 Å². The Morgan fingerprint density at radius 1 is 1.42 bits per heavy atom. The van der Waals surface area contributed by atoms with Crippen LogP contribution in [0.2, 0.25) is 0 Å². The van der Waals surface area contributed by atoms with Gasteiger partial charge >= 0.3 is 5.97 Å². The molecular weight excluding hydrogens is 405 g/mol. The van der Waals surface area contributed by atoms with Crippen molar-refractivity contribution < 1.29 is 19.2 Å². The number of carbonyl (C=O) groups excluding carboxylic acids is 2. The number of rotatable bonds is 5. The van der Waals surface area contributed by atoms with Crippen molar-refractivity contribution in [3.63, 3.8) is 0 Å². The third kappa shape index (κ3) is 3.66. The molecule has 0 saturated carbocycles. The van der Waals surface area contributed by atoms with E-state index in [1.165, 1.54) is 40.9 Å². The molecule has 11 heteroatoms. The fourth-order valence-corrected chi connectivity index (χ4v) is 4.23. The summed E-state index contributed by atoms with van der Waals surface area (Å²) < 4.78 is 5.27. The normalized spacial score (nSPS) is 21.5. The number of benzene rings is 1. The molecule has 2 atom stereocenters. The van der Waals surface area contributed by atoms with Crippen LogP contribution in [-0.2, 0) is 20.9 Å². The van der Waals surface area contributed by atoms with Gasteiger partial charge in [-0.05, 0) is 23.3 Å². The number of fused-ring (bicyclic) bond motifs is 1. The molecule has 2 aliphatic rings. The van der Waals surface area contributed by atoms with Crippen LogP contribution in [-0.4, -0.2) is 44.7 Å². The van der Waals surface area contributed by atoms with E-state index in [2.05, 4.69) is 0 Å². The van der Waals surface area contributed by atoms with Gasteiger partial charge in [-0.2, -0.15) is 0 Å². The summed E-state index contributed by atoms with van der Waals surface area (Å²) in [6, 6.07) is 5.05. The van der Waals surface area contributed by atoms with E-state index in [0.29, 0.717) is 16.9 Å². The number of ether oxygens (including phenoxy) is 1. The molecule has 2 aliphatic heterocycles. The molecule has 0 radical (unpaired) electrons. The van der Waals surface area contributed by atoms with Gasteiger partial charge in [-0.15, -0.1) is 35.8 Å². The number of β-lactam (4-membered cyclic amide) rings is 1. The van der Waals surface area contributed by atoms with Gasteiger partial charge in [0, 0.05) is 23.8 Å². The van der Waals surface area contributed by atoms with Gasteiger partial charge in [0.15, 0.2) is 0 Å². The summed E-state index contributed by atoms with van der Waals surface area (Å²) in [5.74, 6) is -0.365. The molecule has 3 rings (SSSR count). The minimum absolute atomic E-state index is 0. The molecule has 1 unspecified atom stereocenters. The van der Waals surface area contributed by atoms with Crippen LogP contribution in [0.5, 0.6) is 0 Å². The number of thioether (sulfide) groups is 1. The minimum Gasteiger partial charge on any atom is -0.456 e. The lowest BCUT2D eigenvalue weighted by Gasteiger charge is -2.48. The second kappa shape index (κ2) is 8.26. The first-order valence-corrected chi connectivity index (χ1v) is 8.91. The quantitative estimate of drug-likeness (QED) is 0.254. The second-order valence-corrected chi connectivity index (χ2v) is 6.89. The first-order valence-electron chi connectivity index (χ1n) is 7.32. The van der Waals surface area contributed by atoms with E-state index < -0.39 is 16.9 Å². The Balaban J connectivity index is 0.00000243. The number of nitro groups is 1. The van der Waals surface area contributed by atoms with E-state index in [4.69, 9.17) is 22.1 Å². The van der Waals surface area contributed by atoms with Crippen molar-refractivity contribution in [3.05, 3.63) is 51.2 Å². The van der Waals surface area contributed by atoms with E-state index in [-0.39, 0.29) is 47.6 Å². The summed E-state index contributed by atoms with van der Waals surface area (Å²) in [4.78, 5) is 35.9. The zero-order chi connectivity index (χ0) is 18.1. The van der Waals surface area contributed by atoms with Gasteiger partial charge in [-0.25, -0.2) is 4.79 Å². The predicted molar refractivity (Wildman–Crippen MR) is 99.0 cm³/mol. The Labute approximate surface area is 164 Å². The van der Waals surface area contributed by atoms with Gasteiger partial charge in [0.1, 0.15) is 23.7 Å². The number of nitrogens with zero attached hydrogens (tertiary/aromatic N) is 2.